The molecule has 1 aliphatic heterocycles. The third kappa shape index (κ3) is 5.71. The molecule has 0 amide bonds. The summed E-state index contributed by atoms with van der Waals surface area (Å²) in [5.74, 6) is 2.43. The Hall–Kier alpha value is 0.310. The lowest BCUT2D eigenvalue weighted by atomic mass is 9.74. The predicted octanol–water partition coefficient (Wildman–Crippen LogP) is 8.75. The van der Waals surface area contributed by atoms with Crippen LogP contribution in [0.3, 0.4) is 0 Å². The first-order valence-electron chi connectivity index (χ1n) is 12.8. The summed E-state index contributed by atoms with van der Waals surface area (Å²) in [6.07, 6.45) is 23.1. The fourth-order valence-electron chi connectivity index (χ4n) is 6.43. The monoisotopic (exact) mass is 408 g/mol. The Kier molecular flexibility index (Phi) is 8.67. The molecule has 1 spiro atoms. The van der Waals surface area contributed by atoms with Crippen LogP contribution < -0.4 is 0 Å². The molecule has 2 aliphatic carbocycles. The fraction of sp³-hybridized carbons (Fsp3) is 1.00. The van der Waals surface area contributed by atoms with Crippen molar-refractivity contribution in [2.24, 2.45) is 17.8 Å². The van der Waals surface area contributed by atoms with E-state index < -0.39 is 0 Å². The van der Waals surface area contributed by atoms with Gasteiger partial charge in [0.15, 0.2) is 0 Å². The minimum absolute atomic E-state index is 0.155. The lowest BCUT2D eigenvalue weighted by Crippen LogP contribution is -2.55. The van der Waals surface area contributed by atoms with E-state index in [9.17, 15) is 0 Å². The summed E-state index contributed by atoms with van der Waals surface area (Å²) >= 11 is 2.25. The van der Waals surface area contributed by atoms with Gasteiger partial charge in [-0.15, -0.1) is 11.8 Å². The second-order valence-corrected chi connectivity index (χ2v) is 12.9. The zero-order chi connectivity index (χ0) is 20.0. The summed E-state index contributed by atoms with van der Waals surface area (Å²) in [6, 6.07) is 0. The van der Waals surface area contributed by atoms with E-state index in [0.29, 0.717) is 10.9 Å². The molecule has 1 saturated heterocycles. The molecule has 0 aromatic heterocycles. The van der Waals surface area contributed by atoms with E-state index in [1.54, 1.807) is 0 Å². The average molecular weight is 409 g/mol. The Balaban J connectivity index is 1.44. The number of ether oxygens (including phenoxy) is 1. The highest BCUT2D eigenvalue weighted by atomic mass is 32.2. The standard InChI is InChI=1S/C26H48OS/c1-5-6-7-8-9-10-11-12-13-15-22-16-14-19-26(22)27-24-20-21(2)17-18-23(24)25(3,4)28-26/h21-24H,5-20H2,1-4H3/t21-,22-,23-,24-,26?/m1/s1. The van der Waals surface area contributed by atoms with Gasteiger partial charge in [-0.2, -0.15) is 0 Å². The molecule has 2 saturated carbocycles. The van der Waals surface area contributed by atoms with E-state index in [4.69, 9.17) is 4.74 Å². The summed E-state index contributed by atoms with van der Waals surface area (Å²) in [4.78, 5) is 0.155. The van der Waals surface area contributed by atoms with Crippen molar-refractivity contribution in [1.82, 2.24) is 0 Å². The van der Waals surface area contributed by atoms with Crippen molar-refractivity contribution in [2.45, 2.75) is 146 Å². The average Bonchev–Trinajstić information content (AvgIpc) is 3.00. The third-order valence-corrected chi connectivity index (χ3v) is 9.90. The highest BCUT2D eigenvalue weighted by Gasteiger charge is 2.56. The van der Waals surface area contributed by atoms with Crippen LogP contribution >= 0.6 is 11.8 Å². The third-order valence-electron chi connectivity index (χ3n) is 8.09. The number of thioether (sulfide) groups is 1. The molecule has 5 atom stereocenters. The second-order valence-electron chi connectivity index (χ2n) is 10.9. The first kappa shape index (κ1) is 23.0. The molecular weight excluding hydrogens is 360 g/mol. The Labute approximate surface area is 180 Å². The van der Waals surface area contributed by atoms with E-state index in [0.717, 1.165) is 17.8 Å². The molecule has 164 valence electrons. The van der Waals surface area contributed by atoms with E-state index in [1.807, 2.05) is 0 Å². The molecule has 3 aliphatic rings. The Morgan fingerprint density at radius 3 is 2.29 bits per heavy atom. The summed E-state index contributed by atoms with van der Waals surface area (Å²) in [7, 11) is 0. The number of unbranched alkanes of at least 4 members (excludes halogenated alkanes) is 8. The normalized spacial score (nSPS) is 37.3. The van der Waals surface area contributed by atoms with Crippen LogP contribution in [0.5, 0.6) is 0 Å². The first-order valence-corrected chi connectivity index (χ1v) is 13.7. The smallest absolute Gasteiger partial charge is 0.117 e. The van der Waals surface area contributed by atoms with Gasteiger partial charge in [-0.1, -0.05) is 91.9 Å². The molecule has 0 aromatic carbocycles. The van der Waals surface area contributed by atoms with Crippen LogP contribution in [-0.2, 0) is 4.74 Å². The lowest BCUT2D eigenvalue weighted by molar-refractivity contribution is -0.121. The topological polar surface area (TPSA) is 9.23 Å². The van der Waals surface area contributed by atoms with Crippen molar-refractivity contribution in [3.8, 4) is 0 Å². The van der Waals surface area contributed by atoms with Crippen LogP contribution in [0.1, 0.15) is 130 Å². The predicted molar refractivity (Wildman–Crippen MR) is 125 cm³/mol. The maximum atomic E-state index is 7.05. The second kappa shape index (κ2) is 10.6. The number of fused-ring (bicyclic) bond motifs is 1. The fourth-order valence-corrected chi connectivity index (χ4v) is 8.56. The number of hydrogen-bond acceptors (Lipinski definition) is 2. The minimum Gasteiger partial charge on any atom is -0.360 e. The van der Waals surface area contributed by atoms with E-state index >= 15 is 0 Å². The van der Waals surface area contributed by atoms with Gasteiger partial charge in [-0.05, 0) is 56.3 Å². The Morgan fingerprint density at radius 2 is 1.57 bits per heavy atom. The molecule has 2 heteroatoms. The van der Waals surface area contributed by atoms with Crippen LogP contribution in [0.25, 0.3) is 0 Å². The van der Waals surface area contributed by atoms with Crippen molar-refractivity contribution < 1.29 is 4.74 Å². The molecule has 1 heterocycles. The summed E-state index contributed by atoms with van der Waals surface area (Å²) in [5, 5.41) is 0. The van der Waals surface area contributed by atoms with Gasteiger partial charge >= 0.3 is 0 Å². The first-order chi connectivity index (χ1) is 13.5. The van der Waals surface area contributed by atoms with Gasteiger partial charge < -0.3 is 4.74 Å². The van der Waals surface area contributed by atoms with Gasteiger partial charge in [0, 0.05) is 4.75 Å². The quantitative estimate of drug-likeness (QED) is 0.334. The molecular formula is C26H48OS. The lowest BCUT2D eigenvalue weighted by Gasteiger charge is -2.56. The van der Waals surface area contributed by atoms with Crippen LogP contribution in [0.15, 0.2) is 0 Å². The highest BCUT2D eigenvalue weighted by molar-refractivity contribution is 8.01. The van der Waals surface area contributed by atoms with Crippen LogP contribution in [0, 0.1) is 17.8 Å². The van der Waals surface area contributed by atoms with Crippen LogP contribution in [0.4, 0.5) is 0 Å². The minimum atomic E-state index is 0.155. The van der Waals surface area contributed by atoms with E-state index in [-0.39, 0.29) is 4.93 Å². The SMILES string of the molecule is CCCCCCCCCCC[C@@H]1CCCC12O[C@@H]1C[C@H](C)CC[C@H]1C(C)(C)S2. The van der Waals surface area contributed by atoms with Crippen molar-refractivity contribution in [2.75, 3.05) is 0 Å². The van der Waals surface area contributed by atoms with Gasteiger partial charge in [-0.3, -0.25) is 0 Å². The molecule has 28 heavy (non-hydrogen) atoms. The maximum Gasteiger partial charge on any atom is 0.117 e. The highest BCUT2D eigenvalue weighted by Crippen LogP contribution is 2.61. The summed E-state index contributed by atoms with van der Waals surface area (Å²) in [6.45, 7) is 9.81. The van der Waals surface area contributed by atoms with Crippen molar-refractivity contribution in [3.05, 3.63) is 0 Å². The molecule has 0 N–H and O–H groups in total. The van der Waals surface area contributed by atoms with Crippen molar-refractivity contribution in [1.29, 1.82) is 0 Å². The van der Waals surface area contributed by atoms with Crippen molar-refractivity contribution >= 4 is 11.8 Å². The molecule has 0 aromatic rings. The molecule has 3 rings (SSSR count). The van der Waals surface area contributed by atoms with Crippen LogP contribution in [0.2, 0.25) is 0 Å². The van der Waals surface area contributed by atoms with Crippen LogP contribution in [-0.4, -0.2) is 15.8 Å². The molecule has 1 unspecified atom stereocenters. The largest absolute Gasteiger partial charge is 0.360 e. The van der Waals surface area contributed by atoms with Gasteiger partial charge in [-0.25, -0.2) is 0 Å². The van der Waals surface area contributed by atoms with Gasteiger partial charge in [0.1, 0.15) is 4.93 Å². The zero-order valence-corrected chi connectivity index (χ0v) is 20.3. The molecule has 3 fully saturated rings. The van der Waals surface area contributed by atoms with Gasteiger partial charge in [0.05, 0.1) is 6.10 Å². The molecule has 1 nitrogen and oxygen atoms in total. The van der Waals surface area contributed by atoms with Crippen molar-refractivity contribution in [3.63, 3.8) is 0 Å². The van der Waals surface area contributed by atoms with E-state index in [2.05, 4.69) is 39.5 Å². The number of hydrogen-bond donors (Lipinski definition) is 0. The number of rotatable bonds is 10. The maximum absolute atomic E-state index is 7.05. The molecule has 0 bridgehead atoms. The molecule has 0 radical (unpaired) electrons. The Morgan fingerprint density at radius 1 is 0.893 bits per heavy atom. The zero-order valence-electron chi connectivity index (χ0n) is 19.4. The summed E-state index contributed by atoms with van der Waals surface area (Å²) < 4.78 is 7.45. The van der Waals surface area contributed by atoms with Gasteiger partial charge in [0.25, 0.3) is 0 Å². The van der Waals surface area contributed by atoms with E-state index in [1.165, 1.54) is 103 Å². The van der Waals surface area contributed by atoms with Gasteiger partial charge in [0.2, 0.25) is 0 Å². The Bertz CT molecular complexity index is 461. The summed E-state index contributed by atoms with van der Waals surface area (Å²) in [5.41, 5.74) is 0.